The topological polar surface area (TPSA) is 123 Å². The molecule has 0 radical (unpaired) electrons. The Balaban J connectivity index is 1.48. The third-order valence-electron chi connectivity index (χ3n) is 4.71. The lowest BCUT2D eigenvalue weighted by molar-refractivity contribution is -0.387. The van der Waals surface area contributed by atoms with Crippen LogP contribution in [0.5, 0.6) is 0 Å². The summed E-state index contributed by atoms with van der Waals surface area (Å²) in [5.41, 5.74) is 0.363. The van der Waals surface area contributed by atoms with E-state index in [-0.39, 0.29) is 18.0 Å². The normalized spacial score (nSPS) is 15.3. The number of sulfonamides is 1. The molecule has 1 aromatic heterocycles. The van der Waals surface area contributed by atoms with Crippen LogP contribution in [0.15, 0.2) is 62.4 Å². The van der Waals surface area contributed by atoms with Crippen molar-refractivity contribution in [1.82, 2.24) is 14.4 Å². The SMILES string of the molecule is O=[N+]([O-])c1ccccc1S(=O)(=O)N1CCN(c2nc(-c3ccc(Br)cc3)no2)CC1. The summed E-state index contributed by atoms with van der Waals surface area (Å²) < 4.78 is 33.4. The van der Waals surface area contributed by atoms with E-state index >= 15 is 0 Å². The predicted octanol–water partition coefficient (Wildman–Crippen LogP) is 2.92. The minimum Gasteiger partial charge on any atom is -0.322 e. The van der Waals surface area contributed by atoms with Crippen LogP contribution in [0, 0.1) is 10.1 Å². The summed E-state index contributed by atoms with van der Waals surface area (Å²) in [6, 6.07) is 13.1. The molecule has 12 heteroatoms. The van der Waals surface area contributed by atoms with Gasteiger partial charge in [-0.3, -0.25) is 10.1 Å². The number of anilines is 1. The van der Waals surface area contributed by atoms with Crippen molar-refractivity contribution >= 4 is 37.7 Å². The molecule has 10 nitrogen and oxygen atoms in total. The number of nitro benzene ring substituents is 1. The highest BCUT2D eigenvalue weighted by atomic mass is 79.9. The van der Waals surface area contributed by atoms with Gasteiger partial charge in [-0.25, -0.2) is 8.42 Å². The molecule has 0 amide bonds. The Bertz CT molecular complexity index is 1170. The second-order valence-corrected chi connectivity index (χ2v) is 9.35. The Hall–Kier alpha value is -2.83. The molecule has 1 fully saturated rings. The van der Waals surface area contributed by atoms with Crippen molar-refractivity contribution in [2.75, 3.05) is 31.1 Å². The van der Waals surface area contributed by atoms with E-state index in [9.17, 15) is 18.5 Å². The summed E-state index contributed by atoms with van der Waals surface area (Å²) in [5, 5.41) is 15.2. The van der Waals surface area contributed by atoms with Crippen LogP contribution in [-0.4, -0.2) is 54.0 Å². The molecular weight excluding hydrogens is 478 g/mol. The quantitative estimate of drug-likeness (QED) is 0.392. The van der Waals surface area contributed by atoms with Crippen LogP contribution in [0.3, 0.4) is 0 Å². The fourth-order valence-corrected chi connectivity index (χ4v) is 4.99. The third kappa shape index (κ3) is 3.93. The number of hydrogen-bond donors (Lipinski definition) is 0. The van der Waals surface area contributed by atoms with E-state index in [1.807, 2.05) is 24.3 Å². The smallest absolute Gasteiger partial charge is 0.322 e. The van der Waals surface area contributed by atoms with Crippen LogP contribution < -0.4 is 4.90 Å². The zero-order valence-corrected chi connectivity index (χ0v) is 17.9. The second-order valence-electron chi connectivity index (χ2n) is 6.52. The Morgan fingerprint density at radius 2 is 1.70 bits per heavy atom. The largest absolute Gasteiger partial charge is 0.324 e. The molecule has 4 rings (SSSR count). The minimum absolute atomic E-state index is 0.143. The molecule has 0 atom stereocenters. The van der Waals surface area contributed by atoms with Crippen LogP contribution in [0.1, 0.15) is 0 Å². The second kappa shape index (κ2) is 8.13. The Kier molecular flexibility index (Phi) is 5.54. The van der Waals surface area contributed by atoms with Gasteiger partial charge < -0.3 is 9.42 Å². The first-order valence-electron chi connectivity index (χ1n) is 8.94. The molecule has 1 saturated heterocycles. The first kappa shape index (κ1) is 20.4. The molecule has 2 aromatic carbocycles. The van der Waals surface area contributed by atoms with Crippen molar-refractivity contribution in [2.45, 2.75) is 4.90 Å². The van der Waals surface area contributed by atoms with Crippen LogP contribution in [-0.2, 0) is 10.0 Å². The van der Waals surface area contributed by atoms with Crippen molar-refractivity contribution < 1.29 is 17.9 Å². The predicted molar refractivity (Wildman–Crippen MR) is 112 cm³/mol. The molecule has 0 bridgehead atoms. The Morgan fingerprint density at radius 1 is 1.03 bits per heavy atom. The third-order valence-corrected chi connectivity index (χ3v) is 7.18. The van der Waals surface area contributed by atoms with Gasteiger partial charge in [-0.05, 0) is 30.3 Å². The number of piperazine rings is 1. The van der Waals surface area contributed by atoms with E-state index in [2.05, 4.69) is 26.1 Å². The summed E-state index contributed by atoms with van der Waals surface area (Å²) in [6.07, 6.45) is 0. The lowest BCUT2D eigenvalue weighted by Crippen LogP contribution is -2.48. The zero-order chi connectivity index (χ0) is 21.3. The minimum atomic E-state index is -3.99. The van der Waals surface area contributed by atoms with Crippen LogP contribution in [0.4, 0.5) is 11.7 Å². The monoisotopic (exact) mass is 493 g/mol. The first-order valence-corrected chi connectivity index (χ1v) is 11.2. The maximum atomic E-state index is 12.9. The van der Waals surface area contributed by atoms with Gasteiger partial charge in [0, 0.05) is 42.3 Å². The van der Waals surface area contributed by atoms with Crippen LogP contribution in [0.25, 0.3) is 11.4 Å². The molecule has 2 heterocycles. The highest BCUT2D eigenvalue weighted by Gasteiger charge is 2.34. The molecule has 1 aliphatic rings. The summed E-state index contributed by atoms with van der Waals surface area (Å²) in [4.78, 5) is 16.4. The van der Waals surface area contributed by atoms with E-state index in [0.717, 1.165) is 10.0 Å². The highest BCUT2D eigenvalue weighted by Crippen LogP contribution is 2.28. The van der Waals surface area contributed by atoms with Gasteiger partial charge in [-0.2, -0.15) is 9.29 Å². The number of halogens is 1. The number of rotatable bonds is 5. The average molecular weight is 494 g/mol. The van der Waals surface area contributed by atoms with Crippen molar-refractivity contribution in [2.24, 2.45) is 0 Å². The maximum absolute atomic E-state index is 12.9. The molecule has 0 unspecified atom stereocenters. The van der Waals surface area contributed by atoms with E-state index in [1.165, 1.54) is 28.6 Å². The van der Waals surface area contributed by atoms with E-state index < -0.39 is 20.6 Å². The van der Waals surface area contributed by atoms with Crippen molar-refractivity contribution in [3.63, 3.8) is 0 Å². The van der Waals surface area contributed by atoms with Gasteiger partial charge in [0.2, 0.25) is 15.8 Å². The van der Waals surface area contributed by atoms with Gasteiger partial charge >= 0.3 is 6.01 Å². The molecule has 0 saturated carbocycles. The zero-order valence-electron chi connectivity index (χ0n) is 15.5. The van der Waals surface area contributed by atoms with Crippen molar-refractivity contribution in [1.29, 1.82) is 0 Å². The molecule has 1 aliphatic heterocycles. The first-order chi connectivity index (χ1) is 14.4. The van der Waals surface area contributed by atoms with Gasteiger partial charge in [0.15, 0.2) is 4.90 Å². The lowest BCUT2D eigenvalue weighted by atomic mass is 10.2. The summed E-state index contributed by atoms with van der Waals surface area (Å²) >= 11 is 3.37. The number of benzene rings is 2. The number of para-hydroxylation sites is 1. The standard InChI is InChI=1S/C18H16BrN5O5S/c19-14-7-5-13(6-8-14)17-20-18(29-21-17)22-9-11-23(12-10-22)30(27,28)16-4-2-1-3-15(16)24(25)26/h1-8H,9-12H2. The maximum Gasteiger partial charge on any atom is 0.324 e. The highest BCUT2D eigenvalue weighted by molar-refractivity contribution is 9.10. The number of nitrogens with zero attached hydrogens (tertiary/aromatic N) is 5. The molecular formula is C18H16BrN5O5S. The fourth-order valence-electron chi connectivity index (χ4n) is 3.15. The van der Waals surface area contributed by atoms with E-state index in [4.69, 9.17) is 4.52 Å². The molecule has 156 valence electrons. The van der Waals surface area contributed by atoms with E-state index in [0.29, 0.717) is 24.9 Å². The Morgan fingerprint density at radius 3 is 2.37 bits per heavy atom. The average Bonchev–Trinajstić information content (AvgIpc) is 3.24. The summed E-state index contributed by atoms with van der Waals surface area (Å²) in [7, 11) is -3.99. The van der Waals surface area contributed by atoms with Crippen molar-refractivity contribution in [3.8, 4) is 11.4 Å². The van der Waals surface area contributed by atoms with E-state index in [1.54, 1.807) is 4.90 Å². The van der Waals surface area contributed by atoms with Gasteiger partial charge in [-0.15, -0.1) is 0 Å². The van der Waals surface area contributed by atoms with Crippen molar-refractivity contribution in [3.05, 3.63) is 63.1 Å². The Labute approximate surface area is 180 Å². The summed E-state index contributed by atoms with van der Waals surface area (Å²) in [5.74, 6) is 0.437. The molecule has 3 aromatic rings. The number of nitro groups is 1. The summed E-state index contributed by atoms with van der Waals surface area (Å²) in [6.45, 7) is 0.929. The van der Waals surface area contributed by atoms with Gasteiger partial charge in [0.1, 0.15) is 0 Å². The van der Waals surface area contributed by atoms with Crippen LogP contribution in [0.2, 0.25) is 0 Å². The van der Waals surface area contributed by atoms with Gasteiger partial charge in [0.25, 0.3) is 5.69 Å². The molecule has 0 N–H and O–H groups in total. The fraction of sp³-hybridized carbons (Fsp3) is 0.222. The number of hydrogen-bond acceptors (Lipinski definition) is 8. The van der Waals surface area contributed by atoms with Crippen LogP contribution >= 0.6 is 15.9 Å². The number of aromatic nitrogens is 2. The van der Waals surface area contributed by atoms with Gasteiger partial charge in [0.05, 0.1) is 4.92 Å². The molecule has 0 aliphatic carbocycles. The molecule has 30 heavy (non-hydrogen) atoms. The van der Waals surface area contributed by atoms with Gasteiger partial charge in [-0.1, -0.05) is 33.2 Å². The molecule has 0 spiro atoms. The lowest BCUT2D eigenvalue weighted by Gasteiger charge is -2.32.